The number of hydrogen-bond donors (Lipinski definition) is 1. The molecule has 0 fully saturated rings. The van der Waals surface area contributed by atoms with Crippen LogP contribution in [0, 0.1) is 0 Å². The van der Waals surface area contributed by atoms with Gasteiger partial charge < -0.3 is 9.94 Å². The van der Waals surface area contributed by atoms with Gasteiger partial charge in [-0.3, -0.25) is 4.79 Å². The third-order valence-electron chi connectivity index (χ3n) is 2.09. The van der Waals surface area contributed by atoms with Gasteiger partial charge in [-0.15, -0.1) is 0 Å². The lowest BCUT2D eigenvalue weighted by Gasteiger charge is -2.13. The van der Waals surface area contributed by atoms with Crippen LogP contribution < -0.4 is 0 Å². The molecule has 1 aromatic carbocycles. The predicted octanol–water partition coefficient (Wildman–Crippen LogP) is 1.83. The van der Waals surface area contributed by atoms with Crippen molar-refractivity contribution in [3.63, 3.8) is 0 Å². The monoisotopic (exact) mass is 223 g/mol. The first-order chi connectivity index (χ1) is 7.72. The van der Waals surface area contributed by atoms with Gasteiger partial charge in [0, 0.05) is 13.1 Å². The lowest BCUT2D eigenvalue weighted by atomic mass is 10.2. The van der Waals surface area contributed by atoms with E-state index in [-0.39, 0.29) is 18.9 Å². The van der Waals surface area contributed by atoms with Gasteiger partial charge >= 0.3 is 5.97 Å². The average molecular weight is 223 g/mol. The molecule has 0 aliphatic carbocycles. The molecule has 1 N–H and O–H groups in total. The number of nitrogens with zero attached hydrogens (tertiary/aromatic N) is 1. The Labute approximate surface area is 95.4 Å². The van der Waals surface area contributed by atoms with Gasteiger partial charge in [0.05, 0.1) is 13.0 Å². The fourth-order valence-corrected chi connectivity index (χ4v) is 1.33. The number of ether oxygens (including phenoxy) is 1. The van der Waals surface area contributed by atoms with Crippen molar-refractivity contribution in [2.75, 3.05) is 13.2 Å². The summed E-state index contributed by atoms with van der Waals surface area (Å²) < 4.78 is 4.77. The van der Waals surface area contributed by atoms with Crippen molar-refractivity contribution in [2.45, 2.75) is 19.9 Å². The maximum Gasteiger partial charge on any atom is 0.307 e. The maximum atomic E-state index is 11.0. The van der Waals surface area contributed by atoms with E-state index < -0.39 is 0 Å². The first-order valence-electron chi connectivity index (χ1n) is 5.35. The van der Waals surface area contributed by atoms with Crippen molar-refractivity contribution in [1.82, 2.24) is 5.06 Å². The summed E-state index contributed by atoms with van der Waals surface area (Å²) in [5.41, 5.74) is 1.01. The number of rotatable bonds is 6. The molecule has 0 spiro atoms. The number of hydroxylamine groups is 2. The van der Waals surface area contributed by atoms with Gasteiger partial charge in [0.1, 0.15) is 0 Å². The Morgan fingerprint density at radius 1 is 1.38 bits per heavy atom. The highest BCUT2D eigenvalue weighted by molar-refractivity contribution is 5.69. The summed E-state index contributed by atoms with van der Waals surface area (Å²) in [5.74, 6) is -0.283. The largest absolute Gasteiger partial charge is 0.466 e. The minimum atomic E-state index is -0.283. The first-order valence-corrected chi connectivity index (χ1v) is 5.35. The Hall–Kier alpha value is -1.39. The van der Waals surface area contributed by atoms with Gasteiger partial charge in [-0.2, -0.15) is 5.06 Å². The second-order valence-corrected chi connectivity index (χ2v) is 3.43. The highest BCUT2D eigenvalue weighted by Crippen LogP contribution is 2.02. The molecule has 0 radical (unpaired) electrons. The molecule has 0 unspecified atom stereocenters. The fraction of sp³-hybridized carbons (Fsp3) is 0.417. The van der Waals surface area contributed by atoms with E-state index in [1.807, 2.05) is 30.3 Å². The van der Waals surface area contributed by atoms with E-state index in [9.17, 15) is 10.0 Å². The molecule has 0 aromatic heterocycles. The molecular weight excluding hydrogens is 206 g/mol. The Kier molecular flexibility index (Phi) is 5.53. The summed E-state index contributed by atoms with van der Waals surface area (Å²) in [7, 11) is 0. The lowest BCUT2D eigenvalue weighted by molar-refractivity contribution is -0.148. The van der Waals surface area contributed by atoms with Crippen molar-refractivity contribution < 1.29 is 14.7 Å². The number of hydrogen-bond acceptors (Lipinski definition) is 4. The van der Waals surface area contributed by atoms with Crippen LogP contribution in [0.4, 0.5) is 0 Å². The van der Waals surface area contributed by atoms with Crippen LogP contribution in [0.1, 0.15) is 18.9 Å². The molecule has 1 aromatic rings. The maximum absolute atomic E-state index is 11.0. The van der Waals surface area contributed by atoms with Gasteiger partial charge in [-0.25, -0.2) is 0 Å². The van der Waals surface area contributed by atoms with E-state index in [2.05, 4.69) is 0 Å². The van der Waals surface area contributed by atoms with Gasteiger partial charge in [0.2, 0.25) is 0 Å². The molecule has 0 saturated heterocycles. The molecule has 4 heteroatoms. The van der Waals surface area contributed by atoms with Crippen LogP contribution in [0.3, 0.4) is 0 Å². The van der Waals surface area contributed by atoms with Crippen molar-refractivity contribution in [3.05, 3.63) is 35.9 Å². The van der Waals surface area contributed by atoms with Crippen LogP contribution in [0.25, 0.3) is 0 Å². The van der Waals surface area contributed by atoms with E-state index in [4.69, 9.17) is 4.74 Å². The number of benzene rings is 1. The summed E-state index contributed by atoms with van der Waals surface area (Å²) >= 11 is 0. The molecule has 88 valence electrons. The van der Waals surface area contributed by atoms with Crippen LogP contribution in [-0.4, -0.2) is 29.4 Å². The zero-order chi connectivity index (χ0) is 11.8. The SMILES string of the molecule is CCOC(=O)CCN(O)Cc1ccccc1. The Morgan fingerprint density at radius 3 is 2.69 bits per heavy atom. The Morgan fingerprint density at radius 2 is 2.06 bits per heavy atom. The number of esters is 1. The van der Waals surface area contributed by atoms with Crippen molar-refractivity contribution >= 4 is 5.97 Å². The topological polar surface area (TPSA) is 49.8 Å². The standard InChI is InChI=1S/C12H17NO3/c1-2-16-12(14)8-9-13(15)10-11-6-4-3-5-7-11/h3-7,15H,2,8-10H2,1H3. The summed E-state index contributed by atoms with van der Waals surface area (Å²) in [6.07, 6.45) is 0.206. The second-order valence-electron chi connectivity index (χ2n) is 3.43. The fourth-order valence-electron chi connectivity index (χ4n) is 1.33. The van der Waals surface area contributed by atoms with Crippen LogP contribution in [0.2, 0.25) is 0 Å². The van der Waals surface area contributed by atoms with Gasteiger partial charge in [0.25, 0.3) is 0 Å². The Bertz CT molecular complexity index is 313. The quantitative estimate of drug-likeness (QED) is 0.590. The van der Waals surface area contributed by atoms with E-state index in [1.165, 1.54) is 0 Å². The van der Waals surface area contributed by atoms with Crippen LogP contribution in [0.15, 0.2) is 30.3 Å². The molecule has 0 saturated carbocycles. The summed E-state index contributed by atoms with van der Waals surface area (Å²) in [4.78, 5) is 11.0. The van der Waals surface area contributed by atoms with Crippen LogP contribution in [0.5, 0.6) is 0 Å². The molecule has 1 rings (SSSR count). The smallest absolute Gasteiger partial charge is 0.307 e. The summed E-state index contributed by atoms with van der Waals surface area (Å²) in [6, 6.07) is 9.59. The minimum Gasteiger partial charge on any atom is -0.466 e. The van der Waals surface area contributed by atoms with E-state index in [1.54, 1.807) is 6.92 Å². The summed E-state index contributed by atoms with van der Waals surface area (Å²) in [5, 5.41) is 10.7. The van der Waals surface area contributed by atoms with Gasteiger partial charge in [-0.1, -0.05) is 30.3 Å². The minimum absolute atomic E-state index is 0.206. The third kappa shape index (κ3) is 4.91. The molecule has 4 nitrogen and oxygen atoms in total. The van der Waals surface area contributed by atoms with E-state index in [0.717, 1.165) is 10.6 Å². The van der Waals surface area contributed by atoms with Crippen molar-refractivity contribution in [3.8, 4) is 0 Å². The number of carbonyl (C=O) groups excluding carboxylic acids is 1. The zero-order valence-electron chi connectivity index (χ0n) is 9.43. The molecule has 0 amide bonds. The van der Waals surface area contributed by atoms with E-state index >= 15 is 0 Å². The van der Waals surface area contributed by atoms with Crippen molar-refractivity contribution in [1.29, 1.82) is 0 Å². The lowest BCUT2D eigenvalue weighted by Crippen LogP contribution is -2.22. The summed E-state index contributed by atoms with van der Waals surface area (Å²) in [6.45, 7) is 2.84. The Balaban J connectivity index is 2.26. The van der Waals surface area contributed by atoms with Crippen molar-refractivity contribution in [2.24, 2.45) is 0 Å². The highest BCUT2D eigenvalue weighted by atomic mass is 16.5. The van der Waals surface area contributed by atoms with Gasteiger partial charge in [-0.05, 0) is 12.5 Å². The molecule has 0 aliphatic heterocycles. The van der Waals surface area contributed by atoms with Gasteiger partial charge in [0.15, 0.2) is 0 Å². The predicted molar refractivity (Wildman–Crippen MR) is 59.9 cm³/mol. The normalized spacial score (nSPS) is 10.4. The first kappa shape index (κ1) is 12.7. The molecule has 0 bridgehead atoms. The molecule has 0 aliphatic rings. The third-order valence-corrected chi connectivity index (χ3v) is 2.09. The second kappa shape index (κ2) is 6.98. The highest BCUT2D eigenvalue weighted by Gasteiger charge is 2.06. The van der Waals surface area contributed by atoms with Crippen LogP contribution >= 0.6 is 0 Å². The van der Waals surface area contributed by atoms with E-state index in [0.29, 0.717) is 13.2 Å². The zero-order valence-corrected chi connectivity index (χ0v) is 9.43. The molecule has 0 atom stereocenters. The molecular formula is C12H17NO3. The molecule has 16 heavy (non-hydrogen) atoms. The molecule has 0 heterocycles. The average Bonchev–Trinajstić information content (AvgIpc) is 2.28. The van der Waals surface area contributed by atoms with Crippen LogP contribution in [-0.2, 0) is 16.1 Å². The number of carbonyl (C=O) groups is 1.